The lowest BCUT2D eigenvalue weighted by atomic mass is 9.99. The van der Waals surface area contributed by atoms with Crippen LogP contribution in [-0.4, -0.2) is 16.6 Å². The maximum absolute atomic E-state index is 9.48. The third-order valence-electron chi connectivity index (χ3n) is 3.69. The summed E-state index contributed by atoms with van der Waals surface area (Å²) in [6, 6.07) is 12.6. The van der Waals surface area contributed by atoms with E-state index in [0.29, 0.717) is 0 Å². The number of rotatable bonds is 2. The van der Waals surface area contributed by atoms with Crippen molar-refractivity contribution in [2.24, 2.45) is 0 Å². The summed E-state index contributed by atoms with van der Waals surface area (Å²) in [5, 5.41) is 9.48. The molecule has 0 amide bonds. The van der Waals surface area contributed by atoms with E-state index in [-0.39, 0.29) is 0 Å². The number of aromatic nitrogens is 1. The monoisotopic (exact) mass is 254 g/mol. The lowest BCUT2D eigenvalue weighted by molar-refractivity contribution is 0.194. The second-order valence-electron chi connectivity index (χ2n) is 5.06. The number of aliphatic hydroxyl groups is 1. The third kappa shape index (κ3) is 2.47. The van der Waals surface area contributed by atoms with Gasteiger partial charge in [0.15, 0.2) is 0 Å². The lowest BCUT2D eigenvalue weighted by Gasteiger charge is -2.30. The van der Waals surface area contributed by atoms with Crippen LogP contribution in [0.25, 0.3) is 0 Å². The minimum absolute atomic E-state index is 0.504. The number of pyridine rings is 1. The highest BCUT2D eigenvalue weighted by Crippen LogP contribution is 2.24. The van der Waals surface area contributed by atoms with Crippen LogP contribution < -0.4 is 4.90 Å². The van der Waals surface area contributed by atoms with Gasteiger partial charge in [0, 0.05) is 13.1 Å². The summed E-state index contributed by atoms with van der Waals surface area (Å²) in [7, 11) is 0. The second kappa shape index (κ2) is 5.02. The zero-order chi connectivity index (χ0) is 13.2. The highest BCUT2D eigenvalue weighted by atomic mass is 16.3. The van der Waals surface area contributed by atoms with Crippen molar-refractivity contribution in [3.05, 3.63) is 59.4 Å². The molecule has 3 rings (SSSR count). The van der Waals surface area contributed by atoms with Crippen LogP contribution in [0.3, 0.4) is 0 Å². The average molecular weight is 254 g/mol. The Morgan fingerprint density at radius 1 is 1.16 bits per heavy atom. The van der Waals surface area contributed by atoms with Crippen molar-refractivity contribution in [1.29, 1.82) is 0 Å². The maximum atomic E-state index is 9.48. The molecule has 0 unspecified atom stereocenters. The molecule has 1 aliphatic heterocycles. The molecule has 1 aromatic carbocycles. The molecule has 1 aromatic heterocycles. The molecule has 3 heteroatoms. The van der Waals surface area contributed by atoms with Crippen LogP contribution >= 0.6 is 0 Å². The van der Waals surface area contributed by atoms with Gasteiger partial charge in [0.2, 0.25) is 0 Å². The number of benzene rings is 1. The first kappa shape index (κ1) is 12.2. The number of nitrogens with zero attached hydrogens (tertiary/aromatic N) is 2. The molecule has 19 heavy (non-hydrogen) atoms. The number of aliphatic hydroxyl groups excluding tert-OH is 1. The van der Waals surface area contributed by atoms with Gasteiger partial charge in [-0.1, -0.05) is 24.3 Å². The fraction of sp³-hybridized carbons (Fsp3) is 0.312. The van der Waals surface area contributed by atoms with Gasteiger partial charge in [-0.15, -0.1) is 0 Å². The second-order valence-corrected chi connectivity index (χ2v) is 5.06. The Kier molecular flexibility index (Phi) is 3.22. The zero-order valence-corrected chi connectivity index (χ0v) is 11.1. The molecule has 3 nitrogen and oxygen atoms in total. The van der Waals surface area contributed by atoms with Gasteiger partial charge in [0.25, 0.3) is 0 Å². The summed E-state index contributed by atoms with van der Waals surface area (Å²) < 4.78 is 0. The zero-order valence-electron chi connectivity index (χ0n) is 11.1. The molecule has 2 aromatic rings. The van der Waals surface area contributed by atoms with Gasteiger partial charge >= 0.3 is 0 Å². The molecular formula is C16H18N2O. The van der Waals surface area contributed by atoms with Gasteiger partial charge in [-0.2, -0.15) is 0 Å². The summed E-state index contributed by atoms with van der Waals surface area (Å²) in [6.45, 7) is 3.69. The summed E-state index contributed by atoms with van der Waals surface area (Å²) in [6.07, 6.45) is 2.43. The van der Waals surface area contributed by atoms with Gasteiger partial charge in [-0.3, -0.25) is 4.98 Å². The van der Waals surface area contributed by atoms with Crippen LogP contribution in [0.15, 0.2) is 42.6 Å². The van der Waals surface area contributed by atoms with E-state index in [4.69, 9.17) is 0 Å². The standard InChI is InChI=1S/C16H18N2O/c1-12(19)16-7-6-15(10-17-16)18-9-8-13-4-2-3-5-14(13)11-18/h2-7,10,12,19H,8-9,11H2,1H3/t12-/m1/s1. The van der Waals surface area contributed by atoms with Gasteiger partial charge in [0.05, 0.1) is 23.7 Å². The molecule has 0 saturated carbocycles. The summed E-state index contributed by atoms with van der Waals surface area (Å²) in [4.78, 5) is 6.65. The predicted molar refractivity (Wildman–Crippen MR) is 76.1 cm³/mol. The smallest absolute Gasteiger partial charge is 0.0931 e. The van der Waals surface area contributed by atoms with Crippen LogP contribution in [0.1, 0.15) is 29.8 Å². The normalized spacial score (nSPS) is 16.0. The van der Waals surface area contributed by atoms with Crippen molar-refractivity contribution in [3.8, 4) is 0 Å². The number of hydrogen-bond acceptors (Lipinski definition) is 3. The number of hydrogen-bond donors (Lipinski definition) is 1. The van der Waals surface area contributed by atoms with E-state index in [1.54, 1.807) is 6.92 Å². The molecule has 0 radical (unpaired) electrons. The van der Waals surface area contributed by atoms with Gasteiger partial charge in [0.1, 0.15) is 0 Å². The molecule has 0 fully saturated rings. The molecule has 1 atom stereocenters. The van der Waals surface area contributed by atoms with E-state index < -0.39 is 6.10 Å². The van der Waals surface area contributed by atoms with Crippen molar-refractivity contribution >= 4 is 5.69 Å². The van der Waals surface area contributed by atoms with Crippen molar-refractivity contribution in [1.82, 2.24) is 4.98 Å². The number of anilines is 1. The van der Waals surface area contributed by atoms with E-state index in [2.05, 4.69) is 34.1 Å². The van der Waals surface area contributed by atoms with E-state index in [1.165, 1.54) is 11.1 Å². The highest BCUT2D eigenvalue weighted by molar-refractivity contribution is 5.48. The first-order chi connectivity index (χ1) is 9.24. The van der Waals surface area contributed by atoms with E-state index in [0.717, 1.165) is 30.9 Å². The van der Waals surface area contributed by atoms with E-state index >= 15 is 0 Å². The fourth-order valence-electron chi connectivity index (χ4n) is 2.55. The third-order valence-corrected chi connectivity index (χ3v) is 3.69. The maximum Gasteiger partial charge on any atom is 0.0931 e. The van der Waals surface area contributed by atoms with Gasteiger partial charge in [-0.05, 0) is 36.6 Å². The Bertz CT molecular complexity index is 563. The topological polar surface area (TPSA) is 36.4 Å². The molecule has 1 aliphatic rings. The Morgan fingerprint density at radius 3 is 2.63 bits per heavy atom. The van der Waals surface area contributed by atoms with Crippen LogP contribution in [0.5, 0.6) is 0 Å². The van der Waals surface area contributed by atoms with Crippen LogP contribution in [-0.2, 0) is 13.0 Å². The Labute approximate surface area is 113 Å². The van der Waals surface area contributed by atoms with Crippen molar-refractivity contribution in [2.75, 3.05) is 11.4 Å². The molecule has 0 bridgehead atoms. The summed E-state index contributed by atoms with van der Waals surface area (Å²) in [5.41, 5.74) is 4.70. The minimum atomic E-state index is -0.504. The molecular weight excluding hydrogens is 236 g/mol. The van der Waals surface area contributed by atoms with Gasteiger partial charge in [-0.25, -0.2) is 0 Å². The van der Waals surface area contributed by atoms with Crippen molar-refractivity contribution in [2.45, 2.75) is 26.0 Å². The van der Waals surface area contributed by atoms with Crippen LogP contribution in [0, 0.1) is 0 Å². The quantitative estimate of drug-likeness (QED) is 0.895. The molecule has 2 heterocycles. The van der Waals surface area contributed by atoms with Crippen LogP contribution in [0.2, 0.25) is 0 Å². The average Bonchev–Trinajstić information content (AvgIpc) is 2.47. The molecule has 0 aliphatic carbocycles. The van der Waals surface area contributed by atoms with Gasteiger partial charge < -0.3 is 10.0 Å². The largest absolute Gasteiger partial charge is 0.387 e. The lowest BCUT2D eigenvalue weighted by Crippen LogP contribution is -2.30. The molecule has 0 saturated heterocycles. The Morgan fingerprint density at radius 2 is 1.95 bits per heavy atom. The SMILES string of the molecule is C[C@@H](O)c1ccc(N2CCc3ccccc3C2)cn1. The highest BCUT2D eigenvalue weighted by Gasteiger charge is 2.16. The molecule has 98 valence electrons. The minimum Gasteiger partial charge on any atom is -0.387 e. The molecule has 1 N–H and O–H groups in total. The van der Waals surface area contributed by atoms with Crippen molar-refractivity contribution in [3.63, 3.8) is 0 Å². The molecule has 0 spiro atoms. The predicted octanol–water partition coefficient (Wildman–Crippen LogP) is 2.70. The first-order valence-electron chi connectivity index (χ1n) is 6.70. The van der Waals surface area contributed by atoms with Crippen molar-refractivity contribution < 1.29 is 5.11 Å². The Balaban J connectivity index is 1.81. The Hall–Kier alpha value is -1.87. The van der Waals surface area contributed by atoms with E-state index in [1.807, 2.05) is 18.3 Å². The fourth-order valence-corrected chi connectivity index (χ4v) is 2.55. The first-order valence-corrected chi connectivity index (χ1v) is 6.70. The summed E-state index contributed by atoms with van der Waals surface area (Å²) in [5.74, 6) is 0. The van der Waals surface area contributed by atoms with Crippen LogP contribution in [0.4, 0.5) is 5.69 Å². The number of fused-ring (bicyclic) bond motifs is 1. The van der Waals surface area contributed by atoms with E-state index in [9.17, 15) is 5.11 Å². The summed E-state index contributed by atoms with van der Waals surface area (Å²) >= 11 is 0.